The SMILES string of the molecule is Cc1cc(C(=O)CN2C(=O)NC3(CCC(F)(F)CC3)C2=O)n(C)c1-c1cccc2c1CNC2=O. The first-order valence-corrected chi connectivity index (χ1v) is 11.1. The van der Waals surface area contributed by atoms with E-state index in [9.17, 15) is 28.0 Å². The number of amides is 4. The van der Waals surface area contributed by atoms with Gasteiger partial charge in [-0.05, 0) is 43.0 Å². The Labute approximate surface area is 194 Å². The van der Waals surface area contributed by atoms with E-state index in [1.54, 1.807) is 29.8 Å². The predicted octanol–water partition coefficient (Wildman–Crippen LogP) is 2.93. The van der Waals surface area contributed by atoms with Crippen molar-refractivity contribution in [1.29, 1.82) is 0 Å². The van der Waals surface area contributed by atoms with Crippen molar-refractivity contribution in [2.45, 2.75) is 50.6 Å². The van der Waals surface area contributed by atoms with E-state index in [1.807, 2.05) is 13.0 Å². The van der Waals surface area contributed by atoms with Crippen LogP contribution in [0.15, 0.2) is 24.3 Å². The van der Waals surface area contributed by atoms with E-state index in [-0.39, 0.29) is 18.7 Å². The molecule has 1 saturated heterocycles. The molecule has 2 N–H and O–H groups in total. The van der Waals surface area contributed by atoms with Crippen LogP contribution in [0.5, 0.6) is 0 Å². The molecule has 0 atom stereocenters. The number of nitrogens with one attached hydrogen (secondary N) is 2. The number of halogens is 2. The quantitative estimate of drug-likeness (QED) is 0.530. The molecule has 34 heavy (non-hydrogen) atoms. The van der Waals surface area contributed by atoms with Crippen molar-refractivity contribution >= 4 is 23.6 Å². The van der Waals surface area contributed by atoms with Crippen molar-refractivity contribution in [3.63, 3.8) is 0 Å². The van der Waals surface area contributed by atoms with E-state index >= 15 is 0 Å². The number of carbonyl (C=O) groups excluding carboxylic acids is 4. The maximum atomic E-state index is 13.6. The topological polar surface area (TPSA) is 101 Å². The zero-order valence-electron chi connectivity index (χ0n) is 18.8. The average molecular weight is 470 g/mol. The number of carbonyl (C=O) groups is 4. The molecule has 1 spiro atoms. The fraction of sp³-hybridized carbons (Fsp3) is 0.417. The third-order valence-electron chi connectivity index (χ3n) is 7.19. The number of aryl methyl sites for hydroxylation is 1. The summed E-state index contributed by atoms with van der Waals surface area (Å²) in [4.78, 5) is 51.6. The van der Waals surface area contributed by atoms with Crippen molar-refractivity contribution < 1.29 is 28.0 Å². The number of imide groups is 1. The van der Waals surface area contributed by atoms with Gasteiger partial charge in [0.15, 0.2) is 5.78 Å². The Morgan fingerprint density at radius 2 is 1.76 bits per heavy atom. The molecule has 1 aromatic carbocycles. The Bertz CT molecular complexity index is 1260. The zero-order chi connectivity index (χ0) is 24.4. The largest absolute Gasteiger partial charge is 0.348 e. The number of Topliss-reactive ketones (excluding diaryl/α,β-unsaturated/α-hetero) is 1. The average Bonchev–Trinajstić information content (AvgIpc) is 3.39. The Kier molecular flexibility index (Phi) is 4.89. The van der Waals surface area contributed by atoms with Crippen LogP contribution in [-0.2, 0) is 18.4 Å². The molecule has 3 aliphatic rings. The van der Waals surface area contributed by atoms with Crippen LogP contribution in [0.2, 0.25) is 0 Å². The van der Waals surface area contributed by atoms with Crippen molar-refractivity contribution in [1.82, 2.24) is 20.1 Å². The lowest BCUT2D eigenvalue weighted by molar-refractivity contribution is -0.135. The number of benzene rings is 1. The van der Waals surface area contributed by atoms with Gasteiger partial charge in [-0.1, -0.05) is 12.1 Å². The second kappa shape index (κ2) is 7.48. The summed E-state index contributed by atoms with van der Waals surface area (Å²) in [5, 5.41) is 5.36. The standard InChI is InChI=1S/C24H24F2N4O4/c1-13-10-17(29(2)19(13)14-4-3-5-15-16(14)11-27-20(15)32)18(31)12-30-21(33)23(28-22(30)34)6-8-24(25,26)9-7-23/h3-5,10H,6-9,11-12H2,1-2H3,(H,27,32)(H,28,34). The summed E-state index contributed by atoms with van der Waals surface area (Å²) in [6.45, 7) is 1.76. The molecule has 2 aromatic rings. The lowest BCUT2D eigenvalue weighted by Gasteiger charge is -2.34. The number of nitrogens with zero attached hydrogens (tertiary/aromatic N) is 2. The molecule has 5 rings (SSSR count). The lowest BCUT2D eigenvalue weighted by atomic mass is 9.80. The molecule has 4 amide bonds. The molecule has 178 valence electrons. The highest BCUT2D eigenvalue weighted by molar-refractivity contribution is 6.11. The van der Waals surface area contributed by atoms with Crippen LogP contribution in [0.4, 0.5) is 13.6 Å². The number of alkyl halides is 2. The normalized spacial score (nSPS) is 20.5. The zero-order valence-corrected chi connectivity index (χ0v) is 18.8. The van der Waals surface area contributed by atoms with E-state index in [4.69, 9.17) is 0 Å². The molecule has 10 heteroatoms. The highest BCUT2D eigenvalue weighted by atomic mass is 19.3. The van der Waals surface area contributed by atoms with E-state index < -0.39 is 48.6 Å². The van der Waals surface area contributed by atoms with Crippen LogP contribution in [-0.4, -0.2) is 51.1 Å². The Morgan fingerprint density at radius 3 is 2.47 bits per heavy atom. The molecular weight excluding hydrogens is 446 g/mol. The molecule has 0 bridgehead atoms. The van der Waals surface area contributed by atoms with Crippen LogP contribution in [0.3, 0.4) is 0 Å². The minimum absolute atomic E-state index is 0.145. The molecular formula is C24H24F2N4O4. The smallest absolute Gasteiger partial charge is 0.325 e. The Balaban J connectivity index is 1.41. The van der Waals surface area contributed by atoms with E-state index in [0.717, 1.165) is 27.3 Å². The predicted molar refractivity (Wildman–Crippen MR) is 117 cm³/mol. The van der Waals surface area contributed by atoms with Crippen LogP contribution >= 0.6 is 0 Å². The minimum Gasteiger partial charge on any atom is -0.348 e. The number of aromatic nitrogens is 1. The van der Waals surface area contributed by atoms with Crippen molar-refractivity contribution in [2.75, 3.05) is 6.54 Å². The molecule has 3 heterocycles. The highest BCUT2D eigenvalue weighted by Crippen LogP contribution is 2.41. The van der Waals surface area contributed by atoms with Gasteiger partial charge in [0.2, 0.25) is 5.92 Å². The second-order valence-corrected chi connectivity index (χ2v) is 9.32. The summed E-state index contributed by atoms with van der Waals surface area (Å²) >= 11 is 0. The van der Waals surface area contributed by atoms with E-state index in [2.05, 4.69) is 10.6 Å². The molecule has 1 saturated carbocycles. The van der Waals surface area contributed by atoms with Gasteiger partial charge in [-0.2, -0.15) is 0 Å². The van der Waals surface area contributed by atoms with Crippen LogP contribution in [0.25, 0.3) is 11.3 Å². The summed E-state index contributed by atoms with van der Waals surface area (Å²) < 4.78 is 28.9. The maximum absolute atomic E-state index is 13.6. The fourth-order valence-electron chi connectivity index (χ4n) is 5.32. The van der Waals surface area contributed by atoms with Crippen LogP contribution in [0.1, 0.15) is 57.7 Å². The molecule has 2 fully saturated rings. The minimum atomic E-state index is -2.85. The maximum Gasteiger partial charge on any atom is 0.325 e. The lowest BCUT2D eigenvalue weighted by Crippen LogP contribution is -2.51. The van der Waals surface area contributed by atoms with Crippen molar-refractivity contribution in [2.24, 2.45) is 7.05 Å². The summed E-state index contributed by atoms with van der Waals surface area (Å²) in [5.74, 6) is -4.07. The van der Waals surface area contributed by atoms with Crippen molar-refractivity contribution in [3.8, 4) is 11.3 Å². The van der Waals surface area contributed by atoms with Crippen LogP contribution in [0, 0.1) is 6.92 Å². The number of fused-ring (bicyclic) bond motifs is 1. The van der Waals surface area contributed by atoms with E-state index in [1.165, 1.54) is 0 Å². The van der Waals surface area contributed by atoms with Gasteiger partial charge < -0.3 is 15.2 Å². The van der Waals surface area contributed by atoms with Gasteiger partial charge in [-0.3, -0.25) is 19.3 Å². The van der Waals surface area contributed by atoms with Crippen molar-refractivity contribution in [3.05, 3.63) is 46.6 Å². The Morgan fingerprint density at radius 1 is 1.09 bits per heavy atom. The van der Waals surface area contributed by atoms with Gasteiger partial charge in [0.25, 0.3) is 11.8 Å². The van der Waals surface area contributed by atoms with Gasteiger partial charge in [0, 0.05) is 37.6 Å². The van der Waals surface area contributed by atoms with Gasteiger partial charge in [-0.25, -0.2) is 13.6 Å². The number of rotatable bonds is 4. The second-order valence-electron chi connectivity index (χ2n) is 9.32. The summed E-state index contributed by atoms with van der Waals surface area (Å²) in [6, 6.07) is 6.38. The number of ketones is 1. The number of urea groups is 1. The number of hydrogen-bond acceptors (Lipinski definition) is 4. The molecule has 0 unspecified atom stereocenters. The highest BCUT2D eigenvalue weighted by Gasteiger charge is 2.55. The summed E-state index contributed by atoms with van der Waals surface area (Å²) in [6.07, 6.45) is -1.29. The molecule has 8 nitrogen and oxygen atoms in total. The summed E-state index contributed by atoms with van der Waals surface area (Å²) in [7, 11) is 1.72. The first-order chi connectivity index (χ1) is 16.0. The van der Waals surface area contributed by atoms with Gasteiger partial charge in [0.1, 0.15) is 5.54 Å². The molecule has 1 aromatic heterocycles. The monoisotopic (exact) mass is 470 g/mol. The Hall–Kier alpha value is -3.56. The molecule has 0 radical (unpaired) electrons. The van der Waals surface area contributed by atoms with Gasteiger partial charge in [-0.15, -0.1) is 0 Å². The van der Waals surface area contributed by atoms with Gasteiger partial charge in [0.05, 0.1) is 17.9 Å². The summed E-state index contributed by atoms with van der Waals surface area (Å²) in [5.41, 5.74) is 2.78. The molecule has 1 aliphatic carbocycles. The first kappa shape index (κ1) is 22.2. The fourth-order valence-corrected chi connectivity index (χ4v) is 5.32. The van der Waals surface area contributed by atoms with Crippen LogP contribution < -0.4 is 10.6 Å². The number of hydrogen-bond donors (Lipinski definition) is 2. The van der Waals surface area contributed by atoms with E-state index in [0.29, 0.717) is 17.8 Å². The van der Waals surface area contributed by atoms with Gasteiger partial charge >= 0.3 is 6.03 Å². The third-order valence-corrected chi connectivity index (χ3v) is 7.19. The first-order valence-electron chi connectivity index (χ1n) is 11.1. The third kappa shape index (κ3) is 3.31. The molecule has 2 aliphatic heterocycles.